The van der Waals surface area contributed by atoms with E-state index >= 15 is 0 Å². The zero-order valence-corrected chi connectivity index (χ0v) is 14.7. The van der Waals surface area contributed by atoms with Crippen molar-refractivity contribution in [3.8, 4) is 0 Å². The van der Waals surface area contributed by atoms with E-state index in [9.17, 15) is 9.59 Å². The Morgan fingerprint density at radius 1 is 1.32 bits per heavy atom. The van der Waals surface area contributed by atoms with E-state index in [1.807, 2.05) is 0 Å². The monoisotopic (exact) mass is 344 g/mol. The van der Waals surface area contributed by atoms with Crippen molar-refractivity contribution in [3.05, 3.63) is 30.1 Å². The second-order valence-electron chi connectivity index (χ2n) is 6.89. The lowest BCUT2D eigenvalue weighted by Crippen LogP contribution is -2.32. The van der Waals surface area contributed by atoms with E-state index in [2.05, 4.69) is 27.1 Å². The number of ether oxygens (including phenoxy) is 1. The number of anilines is 2. The third-order valence-electron chi connectivity index (χ3n) is 4.69. The normalized spacial score (nSPS) is 22.5. The Morgan fingerprint density at radius 2 is 2.00 bits per heavy atom. The zero-order valence-electron chi connectivity index (χ0n) is 14.7. The first-order valence-electron chi connectivity index (χ1n) is 8.46. The molecule has 2 saturated heterocycles. The average molecular weight is 344 g/mol. The molecule has 0 saturated carbocycles. The zero-order chi connectivity index (χ0) is 18.0. The van der Waals surface area contributed by atoms with Gasteiger partial charge in [-0.2, -0.15) is 0 Å². The summed E-state index contributed by atoms with van der Waals surface area (Å²) in [5.74, 6) is 0.763. The van der Waals surface area contributed by atoms with Crippen molar-refractivity contribution < 1.29 is 14.3 Å². The molecule has 2 unspecified atom stereocenters. The van der Waals surface area contributed by atoms with E-state index in [0.29, 0.717) is 41.0 Å². The minimum absolute atomic E-state index is 0.0799. The number of nitrogens with one attached hydrogen (secondary N) is 2. The molecule has 0 spiro atoms. The van der Waals surface area contributed by atoms with Gasteiger partial charge in [-0.1, -0.05) is 6.58 Å². The predicted molar refractivity (Wildman–Crippen MR) is 95.3 cm³/mol. The van der Waals surface area contributed by atoms with Gasteiger partial charge in [0.05, 0.1) is 43.0 Å². The van der Waals surface area contributed by atoms with Gasteiger partial charge in [-0.25, -0.2) is 0 Å². The van der Waals surface area contributed by atoms with Gasteiger partial charge in [-0.05, 0) is 19.9 Å². The Hall–Kier alpha value is -2.25. The average Bonchev–Trinajstić information content (AvgIpc) is 3.11. The maximum absolute atomic E-state index is 12.3. The fourth-order valence-electron chi connectivity index (χ4n) is 3.27. The molecule has 0 aromatic carbocycles. The van der Waals surface area contributed by atoms with Crippen molar-refractivity contribution in [2.24, 2.45) is 11.8 Å². The molecule has 1 aromatic heterocycles. The number of rotatable bonds is 5. The summed E-state index contributed by atoms with van der Waals surface area (Å²) < 4.78 is 5.46. The Bertz CT molecular complexity index is 692. The number of amides is 2. The topological polar surface area (TPSA) is 83.6 Å². The Kier molecular flexibility index (Phi) is 5.15. The molecule has 0 bridgehead atoms. The second-order valence-corrected chi connectivity index (χ2v) is 6.89. The van der Waals surface area contributed by atoms with Gasteiger partial charge in [-0.3, -0.25) is 19.5 Å². The number of carbonyl (C=O) groups is 2. The summed E-state index contributed by atoms with van der Waals surface area (Å²) in [7, 11) is 0. The lowest BCUT2D eigenvalue weighted by Gasteiger charge is -2.16. The number of hydrogen-bond donors (Lipinski definition) is 2. The SMILES string of the molecule is C=C(C)C(=O)Nc1cc(NC(=O)CN2CC3COCC3C2)cnc1C. The standard InChI is InChI=1S/C18H24N4O3/c1-11(2)18(24)21-16-4-15(5-19-12(16)3)20-17(23)8-22-6-13-9-25-10-14(13)7-22/h4-5,13-14H,1,6-10H2,2-3H3,(H,20,23)(H,21,24). The van der Waals surface area contributed by atoms with Crippen LogP contribution in [0.1, 0.15) is 12.6 Å². The number of aromatic nitrogens is 1. The molecule has 25 heavy (non-hydrogen) atoms. The Morgan fingerprint density at radius 3 is 2.64 bits per heavy atom. The van der Waals surface area contributed by atoms with Gasteiger partial charge in [0.1, 0.15) is 0 Å². The molecule has 1 aromatic rings. The van der Waals surface area contributed by atoms with E-state index in [1.165, 1.54) is 0 Å². The van der Waals surface area contributed by atoms with Crippen LogP contribution in [-0.4, -0.2) is 54.5 Å². The van der Waals surface area contributed by atoms with Crippen molar-refractivity contribution in [2.75, 3.05) is 43.5 Å². The van der Waals surface area contributed by atoms with Crippen LogP contribution in [-0.2, 0) is 14.3 Å². The number of hydrogen-bond acceptors (Lipinski definition) is 5. The third-order valence-corrected chi connectivity index (χ3v) is 4.69. The molecule has 2 amide bonds. The summed E-state index contributed by atoms with van der Waals surface area (Å²) >= 11 is 0. The molecule has 0 aliphatic carbocycles. The first-order chi connectivity index (χ1) is 11.9. The van der Waals surface area contributed by atoms with Crippen LogP contribution in [0.25, 0.3) is 0 Å². The Balaban J connectivity index is 1.57. The molecule has 134 valence electrons. The highest BCUT2D eigenvalue weighted by Crippen LogP contribution is 2.28. The summed E-state index contributed by atoms with van der Waals surface area (Å²) in [6.07, 6.45) is 1.59. The van der Waals surface area contributed by atoms with E-state index in [-0.39, 0.29) is 11.8 Å². The van der Waals surface area contributed by atoms with Crippen LogP contribution in [0.3, 0.4) is 0 Å². The van der Waals surface area contributed by atoms with Gasteiger partial charge in [0.2, 0.25) is 5.91 Å². The van der Waals surface area contributed by atoms with Crippen molar-refractivity contribution >= 4 is 23.2 Å². The molecule has 0 radical (unpaired) electrons. The molecular formula is C18H24N4O3. The second kappa shape index (κ2) is 7.33. The minimum atomic E-state index is -0.265. The number of likely N-dealkylation sites (tertiary alicyclic amines) is 1. The van der Waals surface area contributed by atoms with Crippen molar-refractivity contribution in [2.45, 2.75) is 13.8 Å². The number of carbonyl (C=O) groups excluding carboxylic acids is 2. The van der Waals surface area contributed by atoms with E-state index in [4.69, 9.17) is 4.74 Å². The third kappa shape index (κ3) is 4.24. The van der Waals surface area contributed by atoms with E-state index in [0.717, 1.165) is 26.3 Å². The molecule has 3 heterocycles. The van der Waals surface area contributed by atoms with Crippen LogP contribution in [0.5, 0.6) is 0 Å². The van der Waals surface area contributed by atoms with Crippen LogP contribution in [0, 0.1) is 18.8 Å². The quantitative estimate of drug-likeness (QED) is 0.790. The molecule has 2 N–H and O–H groups in total. The van der Waals surface area contributed by atoms with Gasteiger partial charge in [0.25, 0.3) is 5.91 Å². The Labute approximate surface area is 147 Å². The van der Waals surface area contributed by atoms with Crippen molar-refractivity contribution in [1.82, 2.24) is 9.88 Å². The van der Waals surface area contributed by atoms with Crippen LogP contribution in [0.15, 0.2) is 24.4 Å². The number of pyridine rings is 1. The number of fused-ring (bicyclic) bond motifs is 1. The first-order valence-corrected chi connectivity index (χ1v) is 8.46. The summed E-state index contributed by atoms with van der Waals surface area (Å²) in [5.41, 5.74) is 2.23. The maximum Gasteiger partial charge on any atom is 0.250 e. The van der Waals surface area contributed by atoms with Crippen LogP contribution < -0.4 is 10.6 Å². The van der Waals surface area contributed by atoms with Gasteiger partial charge in [-0.15, -0.1) is 0 Å². The largest absolute Gasteiger partial charge is 0.381 e. The summed E-state index contributed by atoms with van der Waals surface area (Å²) in [6, 6.07) is 1.72. The fourth-order valence-corrected chi connectivity index (χ4v) is 3.27. The van der Waals surface area contributed by atoms with Gasteiger partial charge < -0.3 is 15.4 Å². The number of nitrogens with zero attached hydrogens (tertiary/aromatic N) is 2. The highest BCUT2D eigenvalue weighted by Gasteiger charge is 2.37. The van der Waals surface area contributed by atoms with Crippen LogP contribution >= 0.6 is 0 Å². The smallest absolute Gasteiger partial charge is 0.250 e. The molecule has 3 rings (SSSR count). The molecule has 2 fully saturated rings. The summed E-state index contributed by atoms with van der Waals surface area (Å²) in [4.78, 5) is 30.5. The highest BCUT2D eigenvalue weighted by molar-refractivity contribution is 6.03. The molecule has 2 aliphatic heterocycles. The number of aryl methyl sites for hydroxylation is 1. The molecule has 2 aliphatic rings. The first kappa shape index (κ1) is 17.6. The fraction of sp³-hybridized carbons (Fsp3) is 0.500. The van der Waals surface area contributed by atoms with E-state index in [1.54, 1.807) is 26.1 Å². The molecule has 7 nitrogen and oxygen atoms in total. The summed E-state index contributed by atoms with van der Waals surface area (Å²) in [5, 5.41) is 5.60. The maximum atomic E-state index is 12.3. The molecular weight excluding hydrogens is 320 g/mol. The van der Waals surface area contributed by atoms with Gasteiger partial charge in [0.15, 0.2) is 0 Å². The lowest BCUT2D eigenvalue weighted by molar-refractivity contribution is -0.117. The van der Waals surface area contributed by atoms with Gasteiger partial charge in [0, 0.05) is 30.5 Å². The molecule has 2 atom stereocenters. The van der Waals surface area contributed by atoms with Gasteiger partial charge >= 0.3 is 0 Å². The van der Waals surface area contributed by atoms with E-state index < -0.39 is 0 Å². The van der Waals surface area contributed by atoms with Crippen LogP contribution in [0.4, 0.5) is 11.4 Å². The highest BCUT2D eigenvalue weighted by atomic mass is 16.5. The predicted octanol–water partition coefficient (Wildman–Crippen LogP) is 1.42. The van der Waals surface area contributed by atoms with Crippen molar-refractivity contribution in [3.63, 3.8) is 0 Å². The van der Waals surface area contributed by atoms with Crippen molar-refractivity contribution in [1.29, 1.82) is 0 Å². The molecule has 7 heteroatoms. The minimum Gasteiger partial charge on any atom is -0.381 e. The summed E-state index contributed by atoms with van der Waals surface area (Å²) in [6.45, 7) is 10.8. The lowest BCUT2D eigenvalue weighted by atomic mass is 10.0. The van der Waals surface area contributed by atoms with Crippen LogP contribution in [0.2, 0.25) is 0 Å².